The number of carbonyl (C=O) groups excluding carboxylic acids is 1. The van der Waals surface area contributed by atoms with Crippen LogP contribution >= 0.6 is 0 Å². The van der Waals surface area contributed by atoms with E-state index in [0.29, 0.717) is 5.69 Å². The van der Waals surface area contributed by atoms with Gasteiger partial charge in [0.25, 0.3) is 0 Å². The van der Waals surface area contributed by atoms with Crippen molar-refractivity contribution >= 4 is 17.7 Å². The molecule has 0 saturated heterocycles. The minimum atomic E-state index is -0.366. The summed E-state index contributed by atoms with van der Waals surface area (Å²) in [6, 6.07) is 10.7. The number of amides is 1. The van der Waals surface area contributed by atoms with E-state index in [9.17, 15) is 4.79 Å². The second-order valence-corrected chi connectivity index (χ2v) is 3.51. The molecule has 1 amide bonds. The van der Waals surface area contributed by atoms with Gasteiger partial charge < -0.3 is 10.6 Å². The van der Waals surface area contributed by atoms with Crippen molar-refractivity contribution in [2.45, 2.75) is 0 Å². The molecule has 0 aliphatic heterocycles. The van der Waals surface area contributed by atoms with E-state index in [-0.39, 0.29) is 19.0 Å². The molecule has 0 saturated carbocycles. The predicted octanol–water partition coefficient (Wildman–Crippen LogP) is 1.16. The number of nitriles is 2. The highest BCUT2D eigenvalue weighted by molar-refractivity contribution is 5.92. The molecule has 18 heavy (non-hydrogen) atoms. The van der Waals surface area contributed by atoms with E-state index in [1.165, 1.54) is 6.08 Å². The Morgan fingerprint density at radius 3 is 2.28 bits per heavy atom. The highest BCUT2D eigenvalue weighted by atomic mass is 16.2. The monoisotopic (exact) mass is 240 g/mol. The van der Waals surface area contributed by atoms with E-state index >= 15 is 0 Å². The van der Waals surface area contributed by atoms with E-state index in [2.05, 4.69) is 0 Å². The zero-order valence-electron chi connectivity index (χ0n) is 9.71. The van der Waals surface area contributed by atoms with Gasteiger partial charge in [-0.05, 0) is 23.8 Å². The summed E-state index contributed by atoms with van der Waals surface area (Å²) in [5.74, 6) is -0.366. The van der Waals surface area contributed by atoms with Crippen molar-refractivity contribution in [1.82, 2.24) is 4.90 Å². The number of rotatable bonds is 4. The molecule has 0 unspecified atom stereocenters. The maximum atomic E-state index is 11.7. The van der Waals surface area contributed by atoms with E-state index in [1.807, 2.05) is 12.1 Å². The third kappa shape index (κ3) is 3.99. The van der Waals surface area contributed by atoms with Crippen LogP contribution in [0.1, 0.15) is 5.56 Å². The molecule has 1 aromatic rings. The molecule has 90 valence electrons. The molecule has 0 aromatic heterocycles. The molecular formula is C13H12N4O. The summed E-state index contributed by atoms with van der Waals surface area (Å²) in [6.45, 7) is -0.197. The fourth-order valence-electron chi connectivity index (χ4n) is 1.26. The van der Waals surface area contributed by atoms with Crippen molar-refractivity contribution in [2.75, 3.05) is 18.8 Å². The van der Waals surface area contributed by atoms with Gasteiger partial charge in [-0.1, -0.05) is 12.1 Å². The number of hydrogen-bond donors (Lipinski definition) is 1. The summed E-state index contributed by atoms with van der Waals surface area (Å²) in [5.41, 5.74) is 7.01. The quantitative estimate of drug-likeness (QED) is 0.485. The summed E-state index contributed by atoms with van der Waals surface area (Å²) >= 11 is 0. The number of carbonyl (C=O) groups is 1. The van der Waals surface area contributed by atoms with E-state index < -0.39 is 0 Å². The normalized spacial score (nSPS) is 9.67. The Kier molecular flexibility index (Phi) is 4.96. The first-order valence-corrected chi connectivity index (χ1v) is 5.24. The molecule has 5 nitrogen and oxygen atoms in total. The van der Waals surface area contributed by atoms with Gasteiger partial charge >= 0.3 is 0 Å². The van der Waals surface area contributed by atoms with Crippen LogP contribution in [0.25, 0.3) is 6.08 Å². The van der Waals surface area contributed by atoms with Crippen LogP contribution < -0.4 is 5.73 Å². The average Bonchev–Trinajstić information content (AvgIpc) is 2.37. The third-order valence-corrected chi connectivity index (χ3v) is 2.19. The lowest BCUT2D eigenvalue weighted by atomic mass is 10.2. The predicted molar refractivity (Wildman–Crippen MR) is 67.7 cm³/mol. The van der Waals surface area contributed by atoms with Crippen molar-refractivity contribution in [2.24, 2.45) is 0 Å². The maximum absolute atomic E-state index is 11.7. The smallest absolute Gasteiger partial charge is 0.248 e. The number of benzene rings is 1. The SMILES string of the molecule is N#CCN(CC#N)C(=O)/C=C/c1ccc(N)cc1. The van der Waals surface area contributed by atoms with Gasteiger partial charge in [-0.3, -0.25) is 4.79 Å². The molecule has 0 radical (unpaired) electrons. The second-order valence-electron chi connectivity index (χ2n) is 3.51. The van der Waals surface area contributed by atoms with Gasteiger partial charge in [0.05, 0.1) is 12.1 Å². The molecule has 0 spiro atoms. The Morgan fingerprint density at radius 1 is 1.22 bits per heavy atom. The van der Waals surface area contributed by atoms with Gasteiger partial charge in [-0.25, -0.2) is 0 Å². The van der Waals surface area contributed by atoms with Crippen LogP contribution in [-0.4, -0.2) is 23.9 Å². The maximum Gasteiger partial charge on any atom is 0.248 e. The van der Waals surface area contributed by atoms with Gasteiger partial charge in [-0.15, -0.1) is 0 Å². The fourth-order valence-corrected chi connectivity index (χ4v) is 1.26. The highest BCUT2D eigenvalue weighted by Gasteiger charge is 2.08. The Labute approximate surface area is 105 Å². The molecule has 0 aliphatic carbocycles. The third-order valence-electron chi connectivity index (χ3n) is 2.19. The van der Waals surface area contributed by atoms with Gasteiger partial charge in [0, 0.05) is 11.8 Å². The summed E-state index contributed by atoms with van der Waals surface area (Å²) < 4.78 is 0. The first kappa shape index (κ1) is 13.3. The molecule has 5 heteroatoms. The number of anilines is 1. The molecule has 0 heterocycles. The van der Waals surface area contributed by atoms with Crippen molar-refractivity contribution in [1.29, 1.82) is 10.5 Å². The molecule has 2 N–H and O–H groups in total. The molecular weight excluding hydrogens is 228 g/mol. The van der Waals surface area contributed by atoms with Gasteiger partial charge in [0.2, 0.25) is 5.91 Å². The first-order chi connectivity index (χ1) is 8.67. The standard InChI is InChI=1S/C13H12N4O/c14-7-9-17(10-8-15)13(18)6-3-11-1-4-12(16)5-2-11/h1-6H,9-10,16H2/b6-3+. The lowest BCUT2D eigenvalue weighted by molar-refractivity contribution is -0.124. The van der Waals surface area contributed by atoms with Crippen LogP contribution in [0.5, 0.6) is 0 Å². The van der Waals surface area contributed by atoms with Crippen molar-refractivity contribution < 1.29 is 4.79 Å². The second kappa shape index (κ2) is 6.72. The lowest BCUT2D eigenvalue weighted by Crippen LogP contribution is -2.30. The van der Waals surface area contributed by atoms with Crippen LogP contribution in [0.4, 0.5) is 5.69 Å². The van der Waals surface area contributed by atoms with E-state index in [0.717, 1.165) is 10.5 Å². The Hall–Kier alpha value is -2.79. The van der Waals surface area contributed by atoms with Crippen molar-refractivity contribution in [3.63, 3.8) is 0 Å². The summed E-state index contributed by atoms with van der Waals surface area (Å²) in [5, 5.41) is 17.1. The summed E-state index contributed by atoms with van der Waals surface area (Å²) in [4.78, 5) is 12.8. The zero-order chi connectivity index (χ0) is 13.4. The van der Waals surface area contributed by atoms with Gasteiger partial charge in [0.1, 0.15) is 13.1 Å². The molecule has 0 fully saturated rings. The van der Waals surface area contributed by atoms with Crippen molar-refractivity contribution in [3.8, 4) is 12.1 Å². The van der Waals surface area contributed by atoms with Crippen LogP contribution in [0.15, 0.2) is 30.3 Å². The van der Waals surface area contributed by atoms with Crippen molar-refractivity contribution in [3.05, 3.63) is 35.9 Å². The molecule has 0 atom stereocenters. The molecule has 1 rings (SSSR count). The number of nitrogens with zero attached hydrogens (tertiary/aromatic N) is 3. The number of nitrogens with two attached hydrogens (primary N) is 1. The van der Waals surface area contributed by atoms with Crippen LogP contribution in [0.3, 0.4) is 0 Å². The highest BCUT2D eigenvalue weighted by Crippen LogP contribution is 2.07. The van der Waals surface area contributed by atoms with Crippen LogP contribution in [0.2, 0.25) is 0 Å². The molecule has 0 bridgehead atoms. The van der Waals surface area contributed by atoms with Crippen LogP contribution in [0, 0.1) is 22.7 Å². The van der Waals surface area contributed by atoms with Gasteiger partial charge in [0.15, 0.2) is 0 Å². The first-order valence-electron chi connectivity index (χ1n) is 5.24. The Balaban J connectivity index is 2.71. The zero-order valence-corrected chi connectivity index (χ0v) is 9.71. The molecule has 1 aromatic carbocycles. The van der Waals surface area contributed by atoms with E-state index in [1.54, 1.807) is 30.3 Å². The largest absolute Gasteiger partial charge is 0.399 e. The van der Waals surface area contributed by atoms with E-state index in [4.69, 9.17) is 16.3 Å². The number of hydrogen-bond acceptors (Lipinski definition) is 4. The topological polar surface area (TPSA) is 93.9 Å². The molecule has 0 aliphatic rings. The summed E-state index contributed by atoms with van der Waals surface area (Å²) in [6.07, 6.45) is 2.95. The average molecular weight is 240 g/mol. The minimum absolute atomic E-state index is 0.0987. The number of nitrogen functional groups attached to an aromatic ring is 1. The van der Waals surface area contributed by atoms with Gasteiger partial charge in [-0.2, -0.15) is 10.5 Å². The Bertz CT molecular complexity index is 503. The fraction of sp³-hybridized carbons (Fsp3) is 0.154. The minimum Gasteiger partial charge on any atom is -0.399 e. The summed E-state index contributed by atoms with van der Waals surface area (Å²) in [7, 11) is 0. The van der Waals surface area contributed by atoms with Crippen LogP contribution in [-0.2, 0) is 4.79 Å². The Morgan fingerprint density at radius 2 is 1.78 bits per heavy atom. The lowest BCUT2D eigenvalue weighted by Gasteiger charge is -2.12.